The Balaban J connectivity index is 1.58. The minimum Gasteiger partial charge on any atom is -0.348 e. The quantitative estimate of drug-likeness (QED) is 0.488. The average molecular weight is 513 g/mol. The molecule has 1 aliphatic rings. The summed E-state index contributed by atoms with van der Waals surface area (Å²) >= 11 is 3.32. The molecule has 7 heteroatoms. The van der Waals surface area contributed by atoms with E-state index in [4.69, 9.17) is 0 Å². The van der Waals surface area contributed by atoms with E-state index in [0.29, 0.717) is 0 Å². The Morgan fingerprint density at radius 1 is 0.969 bits per heavy atom. The van der Waals surface area contributed by atoms with Gasteiger partial charge in [0.05, 0.1) is 10.9 Å². The molecule has 0 spiro atoms. The number of hydrogen-bond donors (Lipinski definition) is 2. The first kappa shape index (κ1) is 22.7. The predicted octanol–water partition coefficient (Wildman–Crippen LogP) is 4.53. The highest BCUT2D eigenvalue weighted by molar-refractivity contribution is 9.10. The standard InChI is InChI=1S/C25H25BrN2O3S/c26-20-13-15-21(16-14-20)32(30,31)28-24(17-18-7-2-1-3-8-18)25(29)27-23-12-6-10-19-9-4-5-11-22(19)23/h1-5,7-9,11,13-16,23-24,28H,6,10,12,17H2,(H,27,29)/t23-,24-/m0/s1. The molecular weight excluding hydrogens is 488 g/mol. The predicted molar refractivity (Wildman–Crippen MR) is 129 cm³/mol. The maximum Gasteiger partial charge on any atom is 0.241 e. The Kier molecular flexibility index (Phi) is 7.08. The molecule has 1 amide bonds. The van der Waals surface area contributed by atoms with Crippen LogP contribution in [0.15, 0.2) is 88.2 Å². The van der Waals surface area contributed by atoms with Crippen LogP contribution in [0.25, 0.3) is 0 Å². The lowest BCUT2D eigenvalue weighted by atomic mass is 9.87. The molecule has 0 heterocycles. The van der Waals surface area contributed by atoms with Gasteiger partial charge in [-0.15, -0.1) is 0 Å². The topological polar surface area (TPSA) is 75.3 Å². The third kappa shape index (κ3) is 5.46. The largest absolute Gasteiger partial charge is 0.348 e. The average Bonchev–Trinajstić information content (AvgIpc) is 2.80. The first-order valence-electron chi connectivity index (χ1n) is 10.6. The van der Waals surface area contributed by atoms with Crippen LogP contribution in [0.4, 0.5) is 0 Å². The van der Waals surface area contributed by atoms with Gasteiger partial charge in [-0.2, -0.15) is 4.72 Å². The van der Waals surface area contributed by atoms with Crippen molar-refractivity contribution in [3.63, 3.8) is 0 Å². The number of aryl methyl sites for hydroxylation is 1. The van der Waals surface area contributed by atoms with Gasteiger partial charge in [0.15, 0.2) is 0 Å². The first-order chi connectivity index (χ1) is 15.4. The van der Waals surface area contributed by atoms with Crippen molar-refractivity contribution >= 4 is 31.9 Å². The van der Waals surface area contributed by atoms with Crippen LogP contribution in [0.5, 0.6) is 0 Å². The molecule has 0 radical (unpaired) electrons. The smallest absolute Gasteiger partial charge is 0.241 e. The first-order valence-corrected chi connectivity index (χ1v) is 12.9. The van der Waals surface area contributed by atoms with E-state index in [0.717, 1.165) is 34.9 Å². The molecule has 0 aliphatic heterocycles. The van der Waals surface area contributed by atoms with E-state index in [2.05, 4.69) is 32.0 Å². The van der Waals surface area contributed by atoms with Gasteiger partial charge in [0.2, 0.25) is 15.9 Å². The summed E-state index contributed by atoms with van der Waals surface area (Å²) in [6, 6.07) is 22.9. The van der Waals surface area contributed by atoms with Crippen LogP contribution in [0.3, 0.4) is 0 Å². The number of nitrogens with one attached hydrogen (secondary N) is 2. The maximum atomic E-state index is 13.3. The van der Waals surface area contributed by atoms with E-state index in [9.17, 15) is 13.2 Å². The number of carbonyl (C=O) groups excluding carboxylic acids is 1. The van der Waals surface area contributed by atoms with Crippen molar-refractivity contribution in [2.75, 3.05) is 0 Å². The summed E-state index contributed by atoms with van der Waals surface area (Å²) in [4.78, 5) is 13.5. The van der Waals surface area contributed by atoms with Gasteiger partial charge in [-0.1, -0.05) is 70.5 Å². The van der Waals surface area contributed by atoms with Gasteiger partial charge >= 0.3 is 0 Å². The summed E-state index contributed by atoms with van der Waals surface area (Å²) in [6.07, 6.45) is 3.07. The van der Waals surface area contributed by atoms with Gasteiger partial charge in [-0.25, -0.2) is 8.42 Å². The van der Waals surface area contributed by atoms with Crippen molar-refractivity contribution in [3.8, 4) is 0 Å². The number of sulfonamides is 1. The normalized spacial score (nSPS) is 16.7. The molecule has 2 atom stereocenters. The molecular formula is C25H25BrN2O3S. The number of carbonyl (C=O) groups is 1. The molecule has 0 saturated heterocycles. The second-order valence-electron chi connectivity index (χ2n) is 7.97. The number of rotatable bonds is 7. The van der Waals surface area contributed by atoms with Crippen molar-refractivity contribution < 1.29 is 13.2 Å². The third-order valence-electron chi connectivity index (χ3n) is 5.71. The van der Waals surface area contributed by atoms with Crippen LogP contribution < -0.4 is 10.0 Å². The van der Waals surface area contributed by atoms with Crippen molar-refractivity contribution in [2.45, 2.75) is 42.7 Å². The molecule has 1 aliphatic carbocycles. The van der Waals surface area contributed by atoms with E-state index in [1.165, 1.54) is 17.7 Å². The molecule has 0 unspecified atom stereocenters. The van der Waals surface area contributed by atoms with E-state index in [1.807, 2.05) is 48.5 Å². The van der Waals surface area contributed by atoms with Crippen LogP contribution in [0, 0.1) is 0 Å². The molecule has 0 aromatic heterocycles. The number of hydrogen-bond acceptors (Lipinski definition) is 3. The van der Waals surface area contributed by atoms with Crippen molar-refractivity contribution in [3.05, 3.63) is 100 Å². The summed E-state index contributed by atoms with van der Waals surface area (Å²) < 4.78 is 29.5. The zero-order valence-electron chi connectivity index (χ0n) is 17.5. The van der Waals surface area contributed by atoms with E-state index in [-0.39, 0.29) is 23.3 Å². The minimum absolute atomic E-state index is 0.120. The van der Waals surface area contributed by atoms with Crippen LogP contribution in [0.2, 0.25) is 0 Å². The molecule has 0 bridgehead atoms. The number of benzene rings is 3. The van der Waals surface area contributed by atoms with Crippen LogP contribution >= 0.6 is 15.9 Å². The Morgan fingerprint density at radius 3 is 2.41 bits per heavy atom. The van der Waals surface area contributed by atoms with Crippen LogP contribution in [-0.2, 0) is 27.7 Å². The van der Waals surface area contributed by atoms with Gasteiger partial charge in [-0.05, 0) is 66.6 Å². The highest BCUT2D eigenvalue weighted by Gasteiger charge is 2.29. The number of halogens is 1. The SMILES string of the molecule is O=C(N[C@H]1CCCc2ccccc21)[C@H](Cc1ccccc1)NS(=O)(=O)c1ccc(Br)cc1. The van der Waals surface area contributed by atoms with Gasteiger partial charge in [0.1, 0.15) is 6.04 Å². The molecule has 0 fully saturated rings. The summed E-state index contributed by atoms with van der Waals surface area (Å²) in [5.74, 6) is -0.323. The monoisotopic (exact) mass is 512 g/mol. The fourth-order valence-corrected chi connectivity index (χ4v) is 5.54. The molecule has 0 saturated carbocycles. The Bertz CT molecular complexity index is 1180. The van der Waals surface area contributed by atoms with Crippen LogP contribution in [0.1, 0.15) is 35.6 Å². The molecule has 5 nitrogen and oxygen atoms in total. The number of amides is 1. The summed E-state index contributed by atoms with van der Waals surface area (Å²) in [5, 5.41) is 3.11. The van der Waals surface area contributed by atoms with Crippen LogP contribution in [-0.4, -0.2) is 20.4 Å². The highest BCUT2D eigenvalue weighted by Crippen LogP contribution is 2.29. The van der Waals surface area contributed by atoms with E-state index >= 15 is 0 Å². The molecule has 3 aromatic rings. The third-order valence-corrected chi connectivity index (χ3v) is 7.72. The summed E-state index contributed by atoms with van der Waals surface area (Å²) in [5.41, 5.74) is 3.23. The molecule has 32 heavy (non-hydrogen) atoms. The Hall–Kier alpha value is -2.48. The van der Waals surface area contributed by atoms with Gasteiger partial charge in [-0.3, -0.25) is 4.79 Å². The molecule has 4 rings (SSSR count). The van der Waals surface area contributed by atoms with Gasteiger partial charge in [0.25, 0.3) is 0 Å². The zero-order valence-corrected chi connectivity index (χ0v) is 19.9. The van der Waals surface area contributed by atoms with Gasteiger partial charge in [0, 0.05) is 4.47 Å². The highest BCUT2D eigenvalue weighted by atomic mass is 79.9. The fourth-order valence-electron chi connectivity index (χ4n) is 4.08. The second-order valence-corrected chi connectivity index (χ2v) is 10.6. The molecule has 166 valence electrons. The fraction of sp³-hybridized carbons (Fsp3) is 0.240. The van der Waals surface area contributed by atoms with Crippen molar-refractivity contribution in [1.82, 2.24) is 10.0 Å². The zero-order chi connectivity index (χ0) is 22.6. The second kappa shape index (κ2) is 9.98. The maximum absolute atomic E-state index is 13.3. The Labute approximate surface area is 197 Å². The summed E-state index contributed by atoms with van der Waals surface area (Å²) in [7, 11) is -3.87. The van der Waals surface area contributed by atoms with E-state index in [1.54, 1.807) is 12.1 Å². The lowest BCUT2D eigenvalue weighted by Gasteiger charge is -2.28. The number of fused-ring (bicyclic) bond motifs is 1. The lowest BCUT2D eigenvalue weighted by molar-refractivity contribution is -0.123. The molecule has 2 N–H and O–H groups in total. The minimum atomic E-state index is -3.87. The summed E-state index contributed by atoms with van der Waals surface area (Å²) in [6.45, 7) is 0. The van der Waals surface area contributed by atoms with E-state index < -0.39 is 16.1 Å². The van der Waals surface area contributed by atoms with Gasteiger partial charge < -0.3 is 5.32 Å². The van der Waals surface area contributed by atoms with Crippen molar-refractivity contribution in [1.29, 1.82) is 0 Å². The van der Waals surface area contributed by atoms with Crippen molar-refractivity contribution in [2.24, 2.45) is 0 Å². The molecule has 3 aromatic carbocycles. The Morgan fingerprint density at radius 2 is 1.66 bits per heavy atom. The lowest BCUT2D eigenvalue weighted by Crippen LogP contribution is -2.49.